The fourth-order valence-electron chi connectivity index (χ4n) is 3.12. The standard InChI is InChI=1S/C11H17N3O/c12-10-6-9(13-14(10)4-5-15)11-3-1-2-8(11)7-11/h6,8,15H,1-5,7,12H2. The molecule has 0 spiro atoms. The summed E-state index contributed by atoms with van der Waals surface area (Å²) in [6.07, 6.45) is 5.25. The summed E-state index contributed by atoms with van der Waals surface area (Å²) in [5.41, 5.74) is 7.39. The predicted molar refractivity (Wildman–Crippen MR) is 57.4 cm³/mol. The van der Waals surface area contributed by atoms with E-state index in [1.165, 1.54) is 25.7 Å². The van der Waals surface area contributed by atoms with Crippen LogP contribution in [0.2, 0.25) is 0 Å². The van der Waals surface area contributed by atoms with Crippen LogP contribution < -0.4 is 5.73 Å². The molecule has 0 saturated heterocycles. The largest absolute Gasteiger partial charge is 0.394 e. The Balaban J connectivity index is 1.90. The Morgan fingerprint density at radius 2 is 2.53 bits per heavy atom. The topological polar surface area (TPSA) is 64.1 Å². The summed E-state index contributed by atoms with van der Waals surface area (Å²) in [4.78, 5) is 0. The lowest BCUT2D eigenvalue weighted by Gasteiger charge is -2.06. The number of fused-ring (bicyclic) bond motifs is 1. The molecular formula is C11H17N3O. The van der Waals surface area contributed by atoms with Gasteiger partial charge in [-0.05, 0) is 25.2 Å². The van der Waals surface area contributed by atoms with Gasteiger partial charge in [-0.25, -0.2) is 4.68 Å². The highest BCUT2D eigenvalue weighted by Crippen LogP contribution is 2.64. The van der Waals surface area contributed by atoms with Gasteiger partial charge in [-0.3, -0.25) is 0 Å². The van der Waals surface area contributed by atoms with Crippen LogP contribution in [0.1, 0.15) is 31.4 Å². The molecule has 1 aromatic heterocycles. The summed E-state index contributed by atoms with van der Waals surface area (Å²) in [5.74, 6) is 1.54. The molecule has 1 aromatic rings. The van der Waals surface area contributed by atoms with E-state index < -0.39 is 0 Å². The summed E-state index contributed by atoms with van der Waals surface area (Å²) in [5, 5.41) is 13.4. The van der Waals surface area contributed by atoms with Crippen LogP contribution in [0.25, 0.3) is 0 Å². The van der Waals surface area contributed by atoms with Crippen molar-refractivity contribution in [3.05, 3.63) is 11.8 Å². The van der Waals surface area contributed by atoms with Crippen molar-refractivity contribution in [1.29, 1.82) is 0 Å². The maximum absolute atomic E-state index is 8.88. The van der Waals surface area contributed by atoms with Gasteiger partial charge in [0.2, 0.25) is 0 Å². The quantitative estimate of drug-likeness (QED) is 0.774. The number of aliphatic hydroxyl groups excluding tert-OH is 1. The van der Waals surface area contributed by atoms with E-state index in [2.05, 4.69) is 5.10 Å². The molecule has 0 bridgehead atoms. The Morgan fingerprint density at radius 1 is 1.67 bits per heavy atom. The molecule has 2 unspecified atom stereocenters. The van der Waals surface area contributed by atoms with Gasteiger partial charge in [-0.1, -0.05) is 6.42 Å². The van der Waals surface area contributed by atoms with Gasteiger partial charge in [0.15, 0.2) is 0 Å². The van der Waals surface area contributed by atoms with Gasteiger partial charge in [0.25, 0.3) is 0 Å². The van der Waals surface area contributed by atoms with Gasteiger partial charge in [0.1, 0.15) is 5.82 Å². The predicted octanol–water partition coefficient (Wildman–Crippen LogP) is 0.899. The van der Waals surface area contributed by atoms with Crippen LogP contribution in [0, 0.1) is 5.92 Å². The van der Waals surface area contributed by atoms with E-state index in [0.717, 1.165) is 11.6 Å². The van der Waals surface area contributed by atoms with Crippen molar-refractivity contribution < 1.29 is 5.11 Å². The molecule has 2 atom stereocenters. The maximum Gasteiger partial charge on any atom is 0.122 e. The maximum atomic E-state index is 8.88. The molecule has 3 rings (SSSR count). The van der Waals surface area contributed by atoms with Crippen molar-refractivity contribution in [2.75, 3.05) is 12.3 Å². The highest BCUT2D eigenvalue weighted by atomic mass is 16.3. The fraction of sp³-hybridized carbons (Fsp3) is 0.727. The minimum absolute atomic E-state index is 0.0990. The molecule has 0 aliphatic heterocycles. The molecule has 2 aliphatic carbocycles. The SMILES string of the molecule is Nc1cc(C23CCCC2C3)nn1CCO. The molecular weight excluding hydrogens is 190 g/mol. The Bertz CT molecular complexity index is 387. The fourth-order valence-corrected chi connectivity index (χ4v) is 3.12. The van der Waals surface area contributed by atoms with Gasteiger partial charge in [-0.15, -0.1) is 0 Å². The first-order valence-corrected chi connectivity index (χ1v) is 5.71. The number of hydrogen-bond donors (Lipinski definition) is 2. The molecule has 1 heterocycles. The van der Waals surface area contributed by atoms with Crippen LogP contribution in [0.3, 0.4) is 0 Å². The van der Waals surface area contributed by atoms with Crippen molar-refractivity contribution >= 4 is 5.82 Å². The van der Waals surface area contributed by atoms with Crippen LogP contribution in [-0.2, 0) is 12.0 Å². The van der Waals surface area contributed by atoms with E-state index in [1.54, 1.807) is 4.68 Å². The number of anilines is 1. The van der Waals surface area contributed by atoms with Crippen LogP contribution in [0.5, 0.6) is 0 Å². The van der Waals surface area contributed by atoms with Gasteiger partial charge < -0.3 is 10.8 Å². The van der Waals surface area contributed by atoms with Gasteiger partial charge in [-0.2, -0.15) is 5.10 Å². The molecule has 0 amide bonds. The lowest BCUT2D eigenvalue weighted by Crippen LogP contribution is -2.10. The third-order valence-electron chi connectivity index (χ3n) is 4.04. The summed E-state index contributed by atoms with van der Waals surface area (Å²) < 4.78 is 1.72. The molecule has 82 valence electrons. The summed E-state index contributed by atoms with van der Waals surface area (Å²) in [6.45, 7) is 0.605. The number of aromatic nitrogens is 2. The molecule has 0 aromatic carbocycles. The lowest BCUT2D eigenvalue weighted by atomic mass is 10.00. The van der Waals surface area contributed by atoms with Crippen LogP contribution in [0.15, 0.2) is 6.07 Å². The first-order chi connectivity index (χ1) is 7.26. The van der Waals surface area contributed by atoms with E-state index in [0.29, 0.717) is 17.8 Å². The van der Waals surface area contributed by atoms with E-state index in [1.807, 2.05) is 6.07 Å². The number of nitrogens with two attached hydrogens (primary N) is 1. The summed E-state index contributed by atoms with van der Waals surface area (Å²) in [6, 6.07) is 2.00. The first kappa shape index (κ1) is 9.21. The molecule has 2 fully saturated rings. The zero-order chi connectivity index (χ0) is 10.5. The second-order valence-electron chi connectivity index (χ2n) is 4.85. The molecule has 2 aliphatic rings. The number of nitrogen functional groups attached to an aromatic ring is 1. The normalized spacial score (nSPS) is 33.0. The van der Waals surface area contributed by atoms with Gasteiger partial charge >= 0.3 is 0 Å². The smallest absolute Gasteiger partial charge is 0.122 e. The van der Waals surface area contributed by atoms with Crippen molar-refractivity contribution in [1.82, 2.24) is 9.78 Å². The average Bonchev–Trinajstić information content (AvgIpc) is 2.60. The highest BCUT2D eigenvalue weighted by molar-refractivity contribution is 5.39. The average molecular weight is 207 g/mol. The Morgan fingerprint density at radius 3 is 3.13 bits per heavy atom. The van der Waals surface area contributed by atoms with Crippen LogP contribution in [0.4, 0.5) is 5.82 Å². The van der Waals surface area contributed by atoms with Crippen LogP contribution in [-0.4, -0.2) is 21.5 Å². The number of aliphatic hydroxyl groups is 1. The van der Waals surface area contributed by atoms with Gasteiger partial charge in [0.05, 0.1) is 18.8 Å². The van der Waals surface area contributed by atoms with E-state index in [-0.39, 0.29) is 6.61 Å². The molecule has 4 heteroatoms. The number of rotatable bonds is 3. The first-order valence-electron chi connectivity index (χ1n) is 5.71. The summed E-state index contributed by atoms with van der Waals surface area (Å²) in [7, 11) is 0. The second-order valence-corrected chi connectivity index (χ2v) is 4.85. The van der Waals surface area contributed by atoms with E-state index >= 15 is 0 Å². The van der Waals surface area contributed by atoms with Crippen molar-refractivity contribution in [3.8, 4) is 0 Å². The molecule has 3 N–H and O–H groups in total. The third kappa shape index (κ3) is 1.21. The highest BCUT2D eigenvalue weighted by Gasteiger charge is 2.59. The number of nitrogens with zero attached hydrogens (tertiary/aromatic N) is 2. The zero-order valence-corrected chi connectivity index (χ0v) is 8.82. The minimum atomic E-state index is 0.0990. The lowest BCUT2D eigenvalue weighted by molar-refractivity contribution is 0.270. The van der Waals surface area contributed by atoms with E-state index in [4.69, 9.17) is 10.8 Å². The third-order valence-corrected chi connectivity index (χ3v) is 4.04. The molecule has 0 radical (unpaired) electrons. The molecule has 2 saturated carbocycles. The van der Waals surface area contributed by atoms with E-state index in [9.17, 15) is 0 Å². The van der Waals surface area contributed by atoms with Crippen LogP contribution >= 0.6 is 0 Å². The second kappa shape index (κ2) is 2.98. The molecule has 4 nitrogen and oxygen atoms in total. The van der Waals surface area contributed by atoms with Crippen molar-refractivity contribution in [3.63, 3.8) is 0 Å². The monoisotopic (exact) mass is 207 g/mol. The summed E-state index contributed by atoms with van der Waals surface area (Å²) >= 11 is 0. The van der Waals surface area contributed by atoms with Crippen molar-refractivity contribution in [2.45, 2.75) is 37.6 Å². The van der Waals surface area contributed by atoms with Gasteiger partial charge in [0, 0.05) is 11.5 Å². The zero-order valence-electron chi connectivity index (χ0n) is 8.82. The Labute approximate surface area is 89.1 Å². The number of hydrogen-bond acceptors (Lipinski definition) is 3. The van der Waals surface area contributed by atoms with Crippen molar-refractivity contribution in [2.24, 2.45) is 5.92 Å². The molecule has 15 heavy (non-hydrogen) atoms. The Kier molecular flexibility index (Phi) is 1.83. The Hall–Kier alpha value is -1.03. The minimum Gasteiger partial charge on any atom is -0.394 e.